The van der Waals surface area contributed by atoms with E-state index in [1.54, 1.807) is 7.11 Å². The fraction of sp³-hybridized carbons (Fsp3) is 0.500. The maximum absolute atomic E-state index is 5.82. The Labute approximate surface area is 110 Å². The van der Waals surface area contributed by atoms with Gasteiger partial charge >= 0.3 is 0 Å². The second-order valence-corrected chi connectivity index (χ2v) is 5.20. The number of halogens is 1. The molecular formula is C12H18BrN3O. The molecule has 1 heterocycles. The Kier molecular flexibility index (Phi) is 3.79. The van der Waals surface area contributed by atoms with Gasteiger partial charge < -0.3 is 20.3 Å². The van der Waals surface area contributed by atoms with Gasteiger partial charge in [-0.25, -0.2) is 0 Å². The quantitative estimate of drug-likeness (QED) is 0.846. The molecule has 1 aliphatic rings. The van der Waals surface area contributed by atoms with Gasteiger partial charge in [-0.05, 0) is 29.0 Å². The highest BCUT2D eigenvalue weighted by Gasteiger charge is 2.20. The van der Waals surface area contributed by atoms with Crippen LogP contribution in [-0.2, 0) is 0 Å². The van der Waals surface area contributed by atoms with Crippen molar-refractivity contribution in [2.24, 2.45) is 0 Å². The van der Waals surface area contributed by atoms with E-state index in [2.05, 4.69) is 32.8 Å². The lowest BCUT2D eigenvalue weighted by atomic mass is 10.2. The number of hydrogen-bond acceptors (Lipinski definition) is 4. The lowest BCUT2D eigenvalue weighted by Crippen LogP contribution is -2.44. The van der Waals surface area contributed by atoms with Crippen LogP contribution in [-0.4, -0.2) is 45.2 Å². The van der Waals surface area contributed by atoms with Gasteiger partial charge in [0.05, 0.1) is 12.8 Å². The van der Waals surface area contributed by atoms with Crippen molar-refractivity contribution >= 4 is 27.3 Å². The first kappa shape index (κ1) is 12.5. The zero-order chi connectivity index (χ0) is 12.4. The molecule has 2 rings (SSSR count). The van der Waals surface area contributed by atoms with Crippen LogP contribution >= 0.6 is 15.9 Å². The summed E-state index contributed by atoms with van der Waals surface area (Å²) in [6.07, 6.45) is 0. The van der Waals surface area contributed by atoms with Crippen LogP contribution in [0.25, 0.3) is 0 Å². The Bertz CT molecular complexity index is 403. The van der Waals surface area contributed by atoms with Gasteiger partial charge in [-0.2, -0.15) is 0 Å². The molecule has 0 aliphatic carbocycles. The molecule has 2 N–H and O–H groups in total. The molecule has 0 radical (unpaired) electrons. The number of rotatable bonds is 2. The maximum atomic E-state index is 5.82. The molecular weight excluding hydrogens is 282 g/mol. The number of anilines is 2. The molecule has 1 aromatic rings. The Hall–Kier alpha value is -0.940. The average Bonchev–Trinajstić information content (AvgIpc) is 2.30. The van der Waals surface area contributed by atoms with Crippen LogP contribution < -0.4 is 15.4 Å². The summed E-state index contributed by atoms with van der Waals surface area (Å²) in [4.78, 5) is 4.66. The number of nitrogens with zero attached hydrogens (tertiary/aromatic N) is 2. The topological polar surface area (TPSA) is 41.7 Å². The minimum atomic E-state index is 0.714. The smallest absolute Gasteiger partial charge is 0.145 e. The van der Waals surface area contributed by atoms with Gasteiger partial charge in [-0.3, -0.25) is 0 Å². The van der Waals surface area contributed by atoms with Gasteiger partial charge in [-0.15, -0.1) is 0 Å². The lowest BCUT2D eigenvalue weighted by Gasteiger charge is -2.35. The van der Waals surface area contributed by atoms with Gasteiger partial charge in [0.15, 0.2) is 0 Å². The van der Waals surface area contributed by atoms with E-state index in [-0.39, 0.29) is 0 Å². The summed E-state index contributed by atoms with van der Waals surface area (Å²) in [7, 11) is 3.83. The zero-order valence-electron chi connectivity index (χ0n) is 10.2. The number of methoxy groups -OCH3 is 1. The molecule has 0 atom stereocenters. The van der Waals surface area contributed by atoms with Crippen LogP contribution in [0.1, 0.15) is 0 Å². The largest absolute Gasteiger partial charge is 0.494 e. The predicted octanol–water partition coefficient (Wildman–Crippen LogP) is 1.79. The molecule has 1 fully saturated rings. The van der Waals surface area contributed by atoms with Crippen LogP contribution in [0.4, 0.5) is 11.4 Å². The fourth-order valence-corrected chi connectivity index (χ4v) is 2.80. The van der Waals surface area contributed by atoms with E-state index in [0.717, 1.165) is 42.1 Å². The minimum Gasteiger partial charge on any atom is -0.494 e. The Morgan fingerprint density at radius 1 is 1.24 bits per heavy atom. The summed E-state index contributed by atoms with van der Waals surface area (Å²) in [5.74, 6) is 0.835. The Morgan fingerprint density at radius 2 is 1.88 bits per heavy atom. The third-order valence-corrected chi connectivity index (χ3v) is 3.69. The molecule has 0 unspecified atom stereocenters. The summed E-state index contributed by atoms with van der Waals surface area (Å²) in [6.45, 7) is 4.16. The number of nitrogens with two attached hydrogens (primary N) is 1. The SMILES string of the molecule is COc1cc(N)cc(Br)c1N1CCN(C)CC1. The number of benzene rings is 1. The van der Waals surface area contributed by atoms with Crippen LogP contribution in [0.3, 0.4) is 0 Å². The van der Waals surface area contributed by atoms with Crippen molar-refractivity contribution in [2.75, 3.05) is 51.0 Å². The number of nitrogen functional groups attached to an aromatic ring is 1. The van der Waals surface area contributed by atoms with E-state index in [0.29, 0.717) is 5.69 Å². The number of piperazine rings is 1. The van der Waals surface area contributed by atoms with Gasteiger partial charge in [0.25, 0.3) is 0 Å². The first-order chi connectivity index (χ1) is 8.11. The van der Waals surface area contributed by atoms with Crippen molar-refractivity contribution in [3.8, 4) is 5.75 Å². The molecule has 4 nitrogen and oxygen atoms in total. The molecule has 1 saturated heterocycles. The van der Waals surface area contributed by atoms with E-state index in [1.807, 2.05) is 12.1 Å². The Morgan fingerprint density at radius 3 is 2.47 bits per heavy atom. The molecule has 17 heavy (non-hydrogen) atoms. The highest BCUT2D eigenvalue weighted by molar-refractivity contribution is 9.10. The summed E-state index contributed by atoms with van der Waals surface area (Å²) in [5.41, 5.74) is 7.64. The molecule has 0 aromatic heterocycles. The van der Waals surface area contributed by atoms with Crippen LogP contribution in [0.15, 0.2) is 16.6 Å². The molecule has 0 saturated carbocycles. The highest BCUT2D eigenvalue weighted by Crippen LogP contribution is 2.38. The van der Waals surface area contributed by atoms with Crippen LogP contribution in [0, 0.1) is 0 Å². The number of likely N-dealkylation sites (N-methyl/N-ethyl adjacent to an activating group) is 1. The highest BCUT2D eigenvalue weighted by atomic mass is 79.9. The molecule has 0 amide bonds. The first-order valence-corrected chi connectivity index (χ1v) is 6.47. The van der Waals surface area contributed by atoms with Gasteiger partial charge in [0.2, 0.25) is 0 Å². The third-order valence-electron chi connectivity index (χ3n) is 3.09. The maximum Gasteiger partial charge on any atom is 0.145 e. The van der Waals surface area contributed by atoms with Crippen molar-refractivity contribution in [1.82, 2.24) is 4.90 Å². The molecule has 5 heteroatoms. The van der Waals surface area contributed by atoms with Crippen molar-refractivity contribution in [2.45, 2.75) is 0 Å². The van der Waals surface area contributed by atoms with E-state index in [1.165, 1.54) is 0 Å². The predicted molar refractivity (Wildman–Crippen MR) is 74.8 cm³/mol. The van der Waals surface area contributed by atoms with Crippen molar-refractivity contribution in [1.29, 1.82) is 0 Å². The average molecular weight is 300 g/mol. The normalized spacial score (nSPS) is 17.2. The number of ether oxygens (including phenoxy) is 1. The number of hydrogen-bond donors (Lipinski definition) is 1. The van der Waals surface area contributed by atoms with E-state index in [9.17, 15) is 0 Å². The molecule has 0 bridgehead atoms. The minimum absolute atomic E-state index is 0.714. The second-order valence-electron chi connectivity index (χ2n) is 4.34. The van der Waals surface area contributed by atoms with Gasteiger partial charge in [0, 0.05) is 42.4 Å². The second kappa shape index (κ2) is 5.14. The summed E-state index contributed by atoms with van der Waals surface area (Å²) in [5, 5.41) is 0. The van der Waals surface area contributed by atoms with Crippen molar-refractivity contribution < 1.29 is 4.74 Å². The standard InChI is InChI=1S/C12H18BrN3O/c1-15-3-5-16(6-4-15)12-10(13)7-9(14)8-11(12)17-2/h7-8H,3-6,14H2,1-2H3. The van der Waals surface area contributed by atoms with Crippen LogP contribution in [0.2, 0.25) is 0 Å². The van der Waals surface area contributed by atoms with Crippen molar-refractivity contribution in [3.05, 3.63) is 16.6 Å². The van der Waals surface area contributed by atoms with E-state index >= 15 is 0 Å². The third kappa shape index (κ3) is 2.66. The van der Waals surface area contributed by atoms with Crippen molar-refractivity contribution in [3.63, 3.8) is 0 Å². The Balaban J connectivity index is 2.31. The summed E-state index contributed by atoms with van der Waals surface area (Å²) in [6, 6.07) is 3.80. The summed E-state index contributed by atoms with van der Waals surface area (Å²) >= 11 is 3.57. The fourth-order valence-electron chi connectivity index (χ4n) is 2.09. The lowest BCUT2D eigenvalue weighted by molar-refractivity contribution is 0.311. The molecule has 0 spiro atoms. The van der Waals surface area contributed by atoms with E-state index < -0.39 is 0 Å². The first-order valence-electron chi connectivity index (χ1n) is 5.68. The van der Waals surface area contributed by atoms with Gasteiger partial charge in [0.1, 0.15) is 5.75 Å². The van der Waals surface area contributed by atoms with Gasteiger partial charge in [-0.1, -0.05) is 0 Å². The molecule has 1 aliphatic heterocycles. The molecule has 1 aromatic carbocycles. The monoisotopic (exact) mass is 299 g/mol. The summed E-state index contributed by atoms with van der Waals surface area (Å²) < 4.78 is 6.42. The zero-order valence-corrected chi connectivity index (χ0v) is 11.8. The van der Waals surface area contributed by atoms with E-state index in [4.69, 9.17) is 10.5 Å². The van der Waals surface area contributed by atoms with Crippen LogP contribution in [0.5, 0.6) is 5.75 Å². The molecule has 94 valence electrons.